The van der Waals surface area contributed by atoms with Gasteiger partial charge in [-0.2, -0.15) is 8.42 Å². The van der Waals surface area contributed by atoms with Gasteiger partial charge in [-0.05, 0) is 77.0 Å². The van der Waals surface area contributed by atoms with Crippen molar-refractivity contribution in [3.05, 3.63) is 60.8 Å². The minimum Gasteiger partial charge on any atom is -0.394 e. The average molecular weight is 872 g/mol. The summed E-state index contributed by atoms with van der Waals surface area (Å²) in [6, 6.07) is -1.15. The van der Waals surface area contributed by atoms with Crippen LogP contribution >= 0.6 is 0 Å². The van der Waals surface area contributed by atoms with Crippen LogP contribution in [0.4, 0.5) is 0 Å². The molecule has 348 valence electrons. The molecule has 1 saturated heterocycles. The molecule has 7 N–H and O–H groups in total. The number of ether oxygens (including phenoxy) is 2. The molecule has 13 nitrogen and oxygen atoms in total. The molecular weight excluding hydrogens is 791 g/mol. The summed E-state index contributed by atoms with van der Waals surface area (Å²) in [5.41, 5.74) is 0. The number of hydrogen-bond acceptors (Lipinski definition) is 11. The second-order valence-electron chi connectivity index (χ2n) is 15.8. The van der Waals surface area contributed by atoms with Gasteiger partial charge in [-0.25, -0.2) is 4.18 Å². The Labute approximate surface area is 362 Å². The van der Waals surface area contributed by atoms with Crippen LogP contribution in [0.1, 0.15) is 162 Å². The Balaban J connectivity index is 2.65. The van der Waals surface area contributed by atoms with E-state index < -0.39 is 78.5 Å². The molecule has 0 radical (unpaired) electrons. The van der Waals surface area contributed by atoms with Crippen LogP contribution in [0.25, 0.3) is 0 Å². The number of nitrogens with one attached hydrogen (secondary N) is 1. The van der Waals surface area contributed by atoms with E-state index in [1.165, 1.54) is 57.4 Å². The Bertz CT molecular complexity index is 1320. The summed E-state index contributed by atoms with van der Waals surface area (Å²) >= 11 is 0. The van der Waals surface area contributed by atoms with Gasteiger partial charge in [-0.15, -0.1) is 0 Å². The molecule has 1 heterocycles. The SMILES string of the molecule is CCCCC/C=C\C/C=C\CCCCCCCCC(O)C(=O)NC(COC1OC(CO)C(O)C(OS(=O)(=O)O)C1O)C(O)/C=C/CC/C=C/CC/C=C/CCCCCCC. The van der Waals surface area contributed by atoms with Crippen LogP contribution in [0.15, 0.2) is 60.8 Å². The fourth-order valence-corrected chi connectivity index (χ4v) is 7.21. The van der Waals surface area contributed by atoms with Crippen LogP contribution in [0.2, 0.25) is 0 Å². The lowest BCUT2D eigenvalue weighted by Gasteiger charge is -2.41. The molecule has 60 heavy (non-hydrogen) atoms. The molecule has 8 atom stereocenters. The molecule has 1 fully saturated rings. The van der Waals surface area contributed by atoms with E-state index in [2.05, 4.69) is 72.0 Å². The molecule has 0 aromatic carbocycles. The molecule has 1 aliphatic rings. The average Bonchev–Trinajstić information content (AvgIpc) is 3.22. The van der Waals surface area contributed by atoms with Gasteiger partial charge in [-0.1, -0.05) is 145 Å². The standard InChI is InChI=1S/C46H81NO12S/c1-3-5-7-9-11-13-15-17-19-21-23-25-27-29-31-33-35-40(50)45(53)47-38(37-57-46-43(52)44(59-60(54,55)56)42(51)41(36-48)58-46)39(49)34-32-30-28-26-24-22-20-18-16-14-12-10-8-6-4-2/h11,13,16-19,24,26,32,34,38-44,46,48-52H,3-10,12,14-15,20-23,25,27-31,33,35-37H2,1-2H3,(H,47,53)(H,54,55,56)/b13-11-,18-16+,19-17-,26-24+,34-32+. The molecule has 0 aromatic heterocycles. The predicted octanol–water partition coefficient (Wildman–Crippen LogP) is 7.63. The van der Waals surface area contributed by atoms with Crippen LogP contribution in [0.5, 0.6) is 0 Å². The Hall–Kier alpha value is -2.24. The number of aliphatic hydroxyl groups excluding tert-OH is 5. The summed E-state index contributed by atoms with van der Waals surface area (Å²) in [5, 5.41) is 55.1. The lowest BCUT2D eigenvalue weighted by Crippen LogP contribution is -2.61. The maximum absolute atomic E-state index is 13.1. The molecule has 1 amide bonds. The number of allylic oxidation sites excluding steroid dienone is 9. The van der Waals surface area contributed by atoms with E-state index in [0.29, 0.717) is 12.8 Å². The van der Waals surface area contributed by atoms with Crippen LogP contribution < -0.4 is 5.32 Å². The van der Waals surface area contributed by atoms with Gasteiger partial charge < -0.3 is 40.3 Å². The maximum Gasteiger partial charge on any atom is 0.397 e. The van der Waals surface area contributed by atoms with Crippen LogP contribution in [-0.2, 0) is 28.9 Å². The fourth-order valence-electron chi connectivity index (χ4n) is 6.70. The molecule has 0 aliphatic carbocycles. The first-order valence-corrected chi connectivity index (χ1v) is 24.1. The monoisotopic (exact) mass is 872 g/mol. The Morgan fingerprint density at radius 3 is 1.73 bits per heavy atom. The zero-order chi connectivity index (χ0) is 44.3. The lowest BCUT2D eigenvalue weighted by atomic mass is 9.99. The van der Waals surface area contributed by atoms with Gasteiger partial charge in [-0.3, -0.25) is 9.35 Å². The second-order valence-corrected chi connectivity index (χ2v) is 16.8. The van der Waals surface area contributed by atoms with E-state index in [1.54, 1.807) is 6.08 Å². The Morgan fingerprint density at radius 2 is 1.17 bits per heavy atom. The molecule has 14 heteroatoms. The number of carbonyl (C=O) groups excluding carboxylic acids is 1. The number of carbonyl (C=O) groups is 1. The Kier molecular flexibility index (Phi) is 33.7. The van der Waals surface area contributed by atoms with Gasteiger partial charge in [0.15, 0.2) is 6.29 Å². The molecule has 1 rings (SSSR count). The normalized spacial score (nSPS) is 21.9. The lowest BCUT2D eigenvalue weighted by molar-refractivity contribution is -0.298. The number of hydrogen-bond donors (Lipinski definition) is 7. The number of unbranched alkanes of at least 4 members (excludes halogenated alkanes) is 16. The van der Waals surface area contributed by atoms with Crippen molar-refractivity contribution >= 4 is 16.3 Å². The highest BCUT2D eigenvalue weighted by molar-refractivity contribution is 7.80. The summed E-state index contributed by atoms with van der Waals surface area (Å²) in [6.45, 7) is 3.13. The highest BCUT2D eigenvalue weighted by Gasteiger charge is 2.48. The van der Waals surface area contributed by atoms with Crippen molar-refractivity contribution in [3.63, 3.8) is 0 Å². The second kappa shape index (κ2) is 36.3. The van der Waals surface area contributed by atoms with E-state index in [4.69, 9.17) is 9.47 Å². The topological polar surface area (TPSA) is 212 Å². The Morgan fingerprint density at radius 1 is 0.683 bits per heavy atom. The van der Waals surface area contributed by atoms with Crippen molar-refractivity contribution in [2.24, 2.45) is 0 Å². The quantitative estimate of drug-likeness (QED) is 0.0183. The fraction of sp³-hybridized carbons (Fsp3) is 0.761. The maximum atomic E-state index is 13.1. The predicted molar refractivity (Wildman–Crippen MR) is 237 cm³/mol. The van der Waals surface area contributed by atoms with Crippen molar-refractivity contribution in [1.82, 2.24) is 5.32 Å². The highest BCUT2D eigenvalue weighted by Crippen LogP contribution is 2.26. The number of amides is 1. The molecule has 0 spiro atoms. The van der Waals surface area contributed by atoms with Crippen molar-refractivity contribution in [2.45, 2.75) is 210 Å². The first-order valence-electron chi connectivity index (χ1n) is 22.8. The minimum atomic E-state index is -5.13. The third kappa shape index (κ3) is 28.4. The molecule has 0 saturated carbocycles. The van der Waals surface area contributed by atoms with Crippen LogP contribution in [0, 0.1) is 0 Å². The van der Waals surface area contributed by atoms with Gasteiger partial charge in [0.2, 0.25) is 5.91 Å². The molecule has 0 aromatic rings. The van der Waals surface area contributed by atoms with Crippen molar-refractivity contribution in [3.8, 4) is 0 Å². The van der Waals surface area contributed by atoms with Crippen molar-refractivity contribution in [2.75, 3.05) is 13.2 Å². The van der Waals surface area contributed by atoms with E-state index in [1.807, 2.05) is 0 Å². The zero-order valence-electron chi connectivity index (χ0n) is 36.6. The summed E-state index contributed by atoms with van der Waals surface area (Å²) in [5.74, 6) is -0.728. The molecule has 0 bridgehead atoms. The van der Waals surface area contributed by atoms with Gasteiger partial charge in [0.05, 0.1) is 25.4 Å². The van der Waals surface area contributed by atoms with E-state index in [0.717, 1.165) is 77.0 Å². The first kappa shape index (κ1) is 55.8. The van der Waals surface area contributed by atoms with Crippen LogP contribution in [-0.4, -0.2) is 107 Å². The summed E-state index contributed by atoms with van der Waals surface area (Å²) < 4.78 is 47.4. The largest absolute Gasteiger partial charge is 0.397 e. The van der Waals surface area contributed by atoms with Crippen LogP contribution in [0.3, 0.4) is 0 Å². The van der Waals surface area contributed by atoms with Gasteiger partial charge in [0.25, 0.3) is 0 Å². The van der Waals surface area contributed by atoms with Crippen molar-refractivity contribution in [1.29, 1.82) is 0 Å². The van der Waals surface area contributed by atoms with Crippen molar-refractivity contribution < 1.29 is 57.0 Å². The first-order chi connectivity index (χ1) is 28.9. The van der Waals surface area contributed by atoms with E-state index >= 15 is 0 Å². The third-order valence-corrected chi connectivity index (χ3v) is 10.8. The molecule has 1 aliphatic heterocycles. The summed E-state index contributed by atoms with van der Waals surface area (Å²) in [4.78, 5) is 13.1. The summed E-state index contributed by atoms with van der Waals surface area (Å²) in [6.07, 6.45) is 33.0. The molecule has 8 unspecified atom stereocenters. The molecular formula is C46H81NO12S. The third-order valence-electron chi connectivity index (χ3n) is 10.4. The van der Waals surface area contributed by atoms with Gasteiger partial charge in [0.1, 0.15) is 30.5 Å². The van der Waals surface area contributed by atoms with Gasteiger partial charge >= 0.3 is 10.4 Å². The van der Waals surface area contributed by atoms with E-state index in [-0.39, 0.29) is 6.42 Å². The van der Waals surface area contributed by atoms with Gasteiger partial charge in [0, 0.05) is 0 Å². The zero-order valence-corrected chi connectivity index (χ0v) is 37.4. The number of aliphatic hydroxyl groups is 5. The highest BCUT2D eigenvalue weighted by atomic mass is 32.3. The smallest absolute Gasteiger partial charge is 0.394 e. The minimum absolute atomic E-state index is 0.219. The number of rotatable bonds is 37. The summed E-state index contributed by atoms with van der Waals surface area (Å²) in [7, 11) is -5.13. The van der Waals surface area contributed by atoms with E-state index in [9.17, 15) is 43.3 Å².